The maximum atomic E-state index is 13.7. The van der Waals surface area contributed by atoms with E-state index in [1.54, 1.807) is 30.0 Å². The van der Waals surface area contributed by atoms with Gasteiger partial charge < -0.3 is 9.88 Å². The number of rotatable bonds is 9. The molecule has 0 bridgehead atoms. The molecule has 2 aromatic carbocycles. The molecule has 0 spiro atoms. The maximum Gasteiger partial charge on any atom is 0.234 e. The molecule has 0 saturated heterocycles. The van der Waals surface area contributed by atoms with Gasteiger partial charge in [-0.2, -0.15) is 0 Å². The lowest BCUT2D eigenvalue weighted by atomic mass is 10.2. The molecule has 3 rings (SSSR count). The van der Waals surface area contributed by atoms with Gasteiger partial charge in [-0.15, -0.1) is 28.5 Å². The fraction of sp³-hybridized carbons (Fsp3) is 0.190. The molecular formula is C21H21FN4OS2. The molecular weight excluding hydrogens is 407 g/mol. The number of thioether (sulfide) groups is 2. The molecule has 1 aromatic heterocycles. The van der Waals surface area contributed by atoms with Gasteiger partial charge in [0.1, 0.15) is 11.6 Å². The molecule has 1 amide bonds. The van der Waals surface area contributed by atoms with Gasteiger partial charge in [0, 0.05) is 11.4 Å². The largest absolute Gasteiger partial charge is 0.323 e. The van der Waals surface area contributed by atoms with E-state index >= 15 is 0 Å². The number of para-hydroxylation sites is 1. The minimum absolute atomic E-state index is 0.106. The highest BCUT2D eigenvalue weighted by Crippen LogP contribution is 2.25. The van der Waals surface area contributed by atoms with E-state index in [0.717, 1.165) is 10.7 Å². The second-order valence-electron chi connectivity index (χ2n) is 6.22. The summed E-state index contributed by atoms with van der Waals surface area (Å²) in [6, 6.07) is 14.4. The van der Waals surface area contributed by atoms with Crippen LogP contribution in [0.3, 0.4) is 0 Å². The van der Waals surface area contributed by atoms with Crippen molar-refractivity contribution in [3.63, 3.8) is 0 Å². The van der Waals surface area contributed by atoms with Gasteiger partial charge in [-0.05, 0) is 31.2 Å². The summed E-state index contributed by atoms with van der Waals surface area (Å²) in [5, 5.41) is 11.7. The number of aryl methyl sites for hydroxylation is 1. The molecule has 0 aliphatic rings. The monoisotopic (exact) mass is 428 g/mol. The van der Waals surface area contributed by atoms with Gasteiger partial charge in [-0.25, -0.2) is 4.39 Å². The summed E-state index contributed by atoms with van der Waals surface area (Å²) in [5.74, 6) is 0.813. The molecule has 3 aromatic rings. The van der Waals surface area contributed by atoms with Crippen LogP contribution < -0.4 is 5.32 Å². The first-order chi connectivity index (χ1) is 14.1. The van der Waals surface area contributed by atoms with E-state index in [0.29, 0.717) is 17.5 Å². The van der Waals surface area contributed by atoms with Crippen LogP contribution in [0.2, 0.25) is 0 Å². The van der Waals surface area contributed by atoms with E-state index in [2.05, 4.69) is 53.3 Å². The predicted molar refractivity (Wildman–Crippen MR) is 117 cm³/mol. The molecule has 1 heterocycles. The fourth-order valence-electron chi connectivity index (χ4n) is 2.51. The van der Waals surface area contributed by atoms with E-state index in [4.69, 9.17) is 0 Å². The van der Waals surface area contributed by atoms with Gasteiger partial charge in [-0.1, -0.05) is 47.7 Å². The number of halogens is 1. The summed E-state index contributed by atoms with van der Waals surface area (Å²) >= 11 is 2.94. The lowest BCUT2D eigenvalue weighted by molar-refractivity contribution is -0.113. The number of hydrogen-bond acceptors (Lipinski definition) is 5. The van der Waals surface area contributed by atoms with Crippen LogP contribution in [0.4, 0.5) is 10.1 Å². The Hall–Kier alpha value is -2.58. The van der Waals surface area contributed by atoms with Crippen LogP contribution in [0, 0.1) is 12.7 Å². The molecule has 1 N–H and O–H groups in total. The van der Waals surface area contributed by atoms with Crippen molar-refractivity contribution < 1.29 is 9.18 Å². The average Bonchev–Trinajstić information content (AvgIpc) is 3.10. The average molecular weight is 429 g/mol. The van der Waals surface area contributed by atoms with Gasteiger partial charge >= 0.3 is 0 Å². The van der Waals surface area contributed by atoms with Gasteiger partial charge in [0.05, 0.1) is 17.2 Å². The molecule has 0 fully saturated rings. The van der Waals surface area contributed by atoms with Crippen LogP contribution in [0.1, 0.15) is 11.4 Å². The molecule has 5 nitrogen and oxygen atoms in total. The first-order valence-corrected chi connectivity index (χ1v) is 10.9. The highest BCUT2D eigenvalue weighted by Gasteiger charge is 2.14. The Morgan fingerprint density at radius 2 is 1.93 bits per heavy atom. The molecule has 0 unspecified atom stereocenters. The van der Waals surface area contributed by atoms with E-state index in [9.17, 15) is 9.18 Å². The van der Waals surface area contributed by atoms with Crippen LogP contribution in [-0.4, -0.2) is 26.4 Å². The number of amides is 1. The molecule has 0 aliphatic carbocycles. The zero-order valence-corrected chi connectivity index (χ0v) is 17.6. The van der Waals surface area contributed by atoms with E-state index < -0.39 is 5.82 Å². The number of hydrogen-bond donors (Lipinski definition) is 1. The van der Waals surface area contributed by atoms with Crippen molar-refractivity contribution >= 4 is 35.1 Å². The van der Waals surface area contributed by atoms with Crippen LogP contribution in [0.5, 0.6) is 0 Å². The summed E-state index contributed by atoms with van der Waals surface area (Å²) in [5.41, 5.74) is 1.39. The van der Waals surface area contributed by atoms with Gasteiger partial charge in [-0.3, -0.25) is 4.79 Å². The fourth-order valence-corrected chi connectivity index (χ4v) is 4.11. The second kappa shape index (κ2) is 10.3. The summed E-state index contributed by atoms with van der Waals surface area (Å²) < 4.78 is 15.6. The Morgan fingerprint density at radius 1 is 1.17 bits per heavy atom. The first kappa shape index (κ1) is 21.1. The normalized spacial score (nSPS) is 10.7. The van der Waals surface area contributed by atoms with Crippen LogP contribution in [-0.2, 0) is 17.1 Å². The second-order valence-corrected chi connectivity index (χ2v) is 8.21. The number of carbonyl (C=O) groups is 1. The number of benzene rings is 2. The van der Waals surface area contributed by atoms with Crippen LogP contribution >= 0.6 is 23.5 Å². The lowest BCUT2D eigenvalue weighted by Gasteiger charge is -2.08. The number of nitrogens with zero attached hydrogens (tertiary/aromatic N) is 3. The topological polar surface area (TPSA) is 59.8 Å². The third-order valence-corrected chi connectivity index (χ3v) is 5.95. The Labute approximate surface area is 177 Å². The molecule has 0 saturated carbocycles. The molecule has 0 aliphatic heterocycles. The zero-order chi connectivity index (χ0) is 20.6. The summed E-state index contributed by atoms with van der Waals surface area (Å²) in [4.78, 5) is 13.3. The van der Waals surface area contributed by atoms with Gasteiger partial charge in [0.15, 0.2) is 5.16 Å². The minimum atomic E-state index is -0.462. The third kappa shape index (κ3) is 5.95. The predicted octanol–water partition coefficient (Wildman–Crippen LogP) is 4.93. The standard InChI is InChI=1S/C21H21FN4OS2/c1-3-12-26-19(13-28-16-10-8-15(2)9-11-16)24-25-21(26)29-14-20(27)23-18-7-5-4-6-17(18)22/h3-11H,1,12-14H2,2H3,(H,23,27). The van der Waals surface area contributed by atoms with Crippen molar-refractivity contribution in [2.45, 2.75) is 29.3 Å². The number of anilines is 1. The van der Waals surface area contributed by atoms with Crippen molar-refractivity contribution in [1.29, 1.82) is 0 Å². The van der Waals surface area contributed by atoms with Crippen molar-refractivity contribution in [3.05, 3.63) is 78.4 Å². The van der Waals surface area contributed by atoms with E-state index in [1.165, 1.54) is 29.5 Å². The highest BCUT2D eigenvalue weighted by molar-refractivity contribution is 7.99. The summed E-state index contributed by atoms with van der Waals surface area (Å²) in [7, 11) is 0. The van der Waals surface area contributed by atoms with Crippen molar-refractivity contribution in [2.24, 2.45) is 0 Å². The Bertz CT molecular complexity index is 989. The van der Waals surface area contributed by atoms with E-state index in [-0.39, 0.29) is 17.3 Å². The van der Waals surface area contributed by atoms with Crippen LogP contribution in [0.15, 0.2) is 71.2 Å². The molecule has 0 radical (unpaired) electrons. The lowest BCUT2D eigenvalue weighted by Crippen LogP contribution is -2.15. The van der Waals surface area contributed by atoms with Gasteiger partial charge in [0.25, 0.3) is 0 Å². The smallest absolute Gasteiger partial charge is 0.234 e. The minimum Gasteiger partial charge on any atom is -0.323 e. The maximum absolute atomic E-state index is 13.7. The number of allylic oxidation sites excluding steroid dienone is 1. The van der Waals surface area contributed by atoms with Crippen molar-refractivity contribution in [2.75, 3.05) is 11.1 Å². The number of nitrogens with one attached hydrogen (secondary N) is 1. The third-order valence-electron chi connectivity index (χ3n) is 3.97. The van der Waals surface area contributed by atoms with Crippen LogP contribution in [0.25, 0.3) is 0 Å². The molecule has 8 heteroatoms. The Morgan fingerprint density at radius 3 is 2.66 bits per heavy atom. The Balaban J connectivity index is 1.61. The highest BCUT2D eigenvalue weighted by atomic mass is 32.2. The number of aromatic nitrogens is 3. The quantitative estimate of drug-likeness (QED) is 0.387. The molecule has 150 valence electrons. The molecule has 0 atom stereocenters. The molecule has 29 heavy (non-hydrogen) atoms. The van der Waals surface area contributed by atoms with Gasteiger partial charge in [0.2, 0.25) is 5.91 Å². The zero-order valence-electron chi connectivity index (χ0n) is 16.0. The number of carbonyl (C=O) groups excluding carboxylic acids is 1. The summed E-state index contributed by atoms with van der Waals surface area (Å²) in [6.45, 7) is 6.40. The summed E-state index contributed by atoms with van der Waals surface area (Å²) in [6.07, 6.45) is 1.77. The Kier molecular flexibility index (Phi) is 7.48. The SMILES string of the molecule is C=CCn1c(CSc2ccc(C)cc2)nnc1SCC(=O)Nc1ccccc1F. The van der Waals surface area contributed by atoms with E-state index in [1.807, 2.05) is 4.57 Å². The first-order valence-electron chi connectivity index (χ1n) is 8.96. The van der Waals surface area contributed by atoms with Crippen molar-refractivity contribution in [1.82, 2.24) is 14.8 Å². The van der Waals surface area contributed by atoms with Crippen molar-refractivity contribution in [3.8, 4) is 0 Å².